The molecule has 1 aliphatic rings. The lowest BCUT2D eigenvalue weighted by Crippen LogP contribution is -2.54. The second kappa shape index (κ2) is 10.4. The van der Waals surface area contributed by atoms with Gasteiger partial charge in [0.2, 0.25) is 5.82 Å². The van der Waals surface area contributed by atoms with Crippen molar-refractivity contribution in [2.45, 2.75) is 0 Å². The molecule has 5 aromatic carbocycles. The van der Waals surface area contributed by atoms with Crippen molar-refractivity contribution in [2.75, 3.05) is 14.1 Å². The summed E-state index contributed by atoms with van der Waals surface area (Å²) in [6.45, 7) is 0. The van der Waals surface area contributed by atoms with Crippen molar-refractivity contribution in [1.82, 2.24) is 24.9 Å². The molecule has 10 nitrogen and oxygen atoms in total. The van der Waals surface area contributed by atoms with Crippen molar-refractivity contribution < 1.29 is 9.48 Å². The monoisotopic (exact) mass is 580 g/mol. The fourth-order valence-electron chi connectivity index (χ4n) is 5.78. The fourth-order valence-corrected chi connectivity index (χ4v) is 5.78. The zero-order valence-electron chi connectivity index (χ0n) is 24.6. The number of rotatable bonds is 4. The van der Waals surface area contributed by atoms with E-state index in [4.69, 9.17) is 0 Å². The third kappa shape index (κ3) is 4.44. The Kier molecular flexibility index (Phi) is 6.39. The summed E-state index contributed by atoms with van der Waals surface area (Å²) in [7, 11) is 6.48. The van der Waals surface area contributed by atoms with E-state index < -0.39 is 0 Å². The van der Waals surface area contributed by atoms with Gasteiger partial charge in [0.05, 0.1) is 0 Å². The van der Waals surface area contributed by atoms with Gasteiger partial charge >= 0.3 is 11.7 Å². The first-order chi connectivity index (χ1) is 21.3. The molecule has 0 spiro atoms. The number of carbonyl (C=O) groups is 1. The van der Waals surface area contributed by atoms with Crippen LogP contribution in [-0.2, 0) is 14.1 Å². The van der Waals surface area contributed by atoms with E-state index >= 15 is 0 Å². The van der Waals surface area contributed by atoms with Crippen LogP contribution in [0.2, 0.25) is 0 Å². The number of hydrogen-bond acceptors (Lipinski definition) is 5. The minimum Gasteiger partial charge on any atom is -0.369 e. The summed E-state index contributed by atoms with van der Waals surface area (Å²) in [5.74, 6) is 0.944. The van der Waals surface area contributed by atoms with Crippen molar-refractivity contribution in [2.24, 2.45) is 19.2 Å². The van der Waals surface area contributed by atoms with Crippen LogP contribution < -0.4 is 10.4 Å². The highest BCUT2D eigenvalue weighted by atomic mass is 16.2. The molecule has 0 aliphatic carbocycles. The molecular weight excluding hydrogens is 552 g/mol. The molecule has 10 heteroatoms. The molecule has 0 bridgehead atoms. The Bertz CT molecular complexity index is 2120. The standard InChI is InChI=1S/C34H28N8O2/c1-39-33(43)40(2)36-31(35-39)22-18-16-21(17-19-22)29-25-12-5-7-14-27(25)30(28-15-8-6-13-26(28)29)23-10-9-11-24(20-23)32-37-41(3)34(44)42(4)38-32/h5-20H,1-4H3. The van der Waals surface area contributed by atoms with Gasteiger partial charge in [-0.2, -0.15) is 4.79 Å². The van der Waals surface area contributed by atoms with Gasteiger partial charge in [0.1, 0.15) is 14.1 Å². The van der Waals surface area contributed by atoms with Crippen molar-refractivity contribution in [3.05, 3.63) is 119 Å². The van der Waals surface area contributed by atoms with E-state index in [1.165, 1.54) is 19.4 Å². The number of fused-ring (bicyclic) bond motifs is 2. The third-order valence-corrected chi connectivity index (χ3v) is 7.86. The molecule has 2 amide bonds. The minimum atomic E-state index is -0.290. The van der Waals surface area contributed by atoms with Crippen LogP contribution in [-0.4, -0.2) is 50.9 Å². The molecule has 0 unspecified atom stereocenters. The second-order valence-corrected chi connectivity index (χ2v) is 10.7. The van der Waals surface area contributed by atoms with E-state index in [2.05, 4.69) is 93.5 Å². The summed E-state index contributed by atoms with van der Waals surface area (Å²) in [6.07, 6.45) is 0. The minimum absolute atomic E-state index is 0.287. The summed E-state index contributed by atoms with van der Waals surface area (Å²) in [5.41, 5.74) is 10.00. The Labute approximate surface area is 253 Å². The van der Waals surface area contributed by atoms with Crippen LogP contribution in [0.15, 0.2) is 107 Å². The average Bonchev–Trinajstić information content (AvgIpc) is 3.04. The summed E-state index contributed by atoms with van der Waals surface area (Å²) in [6, 6.07) is 32.8. The Morgan fingerprint density at radius 3 is 1.77 bits per heavy atom. The number of hydrogen-bond donors (Lipinski definition) is 0. The number of hydrazone groups is 1. The normalized spacial score (nSPS) is 13.4. The average molecular weight is 581 g/mol. The van der Waals surface area contributed by atoms with Crippen molar-refractivity contribution >= 4 is 33.4 Å². The van der Waals surface area contributed by atoms with Gasteiger partial charge in [-0.3, -0.25) is 0 Å². The quantitative estimate of drug-likeness (QED) is 0.210. The summed E-state index contributed by atoms with van der Waals surface area (Å²) in [4.78, 5) is 24.3. The van der Waals surface area contributed by atoms with Crippen molar-refractivity contribution in [1.29, 1.82) is 0 Å². The van der Waals surface area contributed by atoms with Gasteiger partial charge in [0.15, 0.2) is 0 Å². The molecule has 0 fully saturated rings. The lowest BCUT2D eigenvalue weighted by atomic mass is 9.85. The highest BCUT2D eigenvalue weighted by Gasteiger charge is 2.19. The van der Waals surface area contributed by atoms with E-state index in [-0.39, 0.29) is 11.7 Å². The zero-order valence-corrected chi connectivity index (χ0v) is 24.6. The van der Waals surface area contributed by atoms with E-state index in [9.17, 15) is 9.59 Å². The van der Waals surface area contributed by atoms with Gasteiger partial charge in [-0.25, -0.2) is 4.79 Å². The van der Waals surface area contributed by atoms with Gasteiger partial charge in [0, 0.05) is 19.7 Å². The summed E-state index contributed by atoms with van der Waals surface area (Å²) < 4.78 is 2.59. The lowest BCUT2D eigenvalue weighted by Gasteiger charge is -2.38. The topological polar surface area (TPSA) is 102 Å². The lowest BCUT2D eigenvalue weighted by molar-refractivity contribution is -0.749. The number of aromatic nitrogens is 4. The maximum Gasteiger partial charge on any atom is 0.539 e. The number of benzene rings is 5. The molecule has 0 saturated carbocycles. The number of amidine groups is 1. The predicted molar refractivity (Wildman–Crippen MR) is 171 cm³/mol. The van der Waals surface area contributed by atoms with Crippen LogP contribution in [0.1, 0.15) is 5.56 Å². The first kappa shape index (κ1) is 27.0. The van der Waals surface area contributed by atoms with Gasteiger partial charge < -0.3 is 20.5 Å². The second-order valence-electron chi connectivity index (χ2n) is 10.7. The first-order valence-corrected chi connectivity index (χ1v) is 14.1. The highest BCUT2D eigenvalue weighted by molar-refractivity contribution is 6.21. The van der Waals surface area contributed by atoms with E-state index in [0.29, 0.717) is 11.7 Å². The van der Waals surface area contributed by atoms with Crippen LogP contribution in [0.5, 0.6) is 0 Å². The predicted octanol–water partition coefficient (Wildman–Crippen LogP) is 5.25. The number of carbonyl (C=O) groups excluding carboxylic acids is 1. The fraction of sp³-hybridized carbons (Fsp3) is 0.118. The highest BCUT2D eigenvalue weighted by Crippen LogP contribution is 2.44. The van der Waals surface area contributed by atoms with Crippen molar-refractivity contribution in [3.63, 3.8) is 0 Å². The molecule has 0 radical (unpaired) electrons. The third-order valence-electron chi connectivity index (χ3n) is 7.86. The number of nitrogens with zero attached hydrogens (tertiary/aromatic N) is 8. The molecule has 216 valence electrons. The molecular formula is C34H28N8O2. The molecule has 0 atom stereocenters. The maximum absolute atomic E-state index is 12.2. The SMILES string of the molecule is CN1N=C(c2ccc(-c3c4ccccc4c(-c4cccc(-c5nn(C)c(=O)[n+](C)n5)c4)c4ccccc34)cc2)[N-]N(C)C1=O. The van der Waals surface area contributed by atoms with Gasteiger partial charge in [-0.15, -0.1) is 0 Å². The molecule has 6 aromatic rings. The Hall–Kier alpha value is -5.90. The van der Waals surface area contributed by atoms with E-state index in [1.807, 2.05) is 24.3 Å². The van der Waals surface area contributed by atoms with Crippen LogP contribution >= 0.6 is 0 Å². The zero-order chi connectivity index (χ0) is 30.5. The van der Waals surface area contributed by atoms with Gasteiger partial charge in [-0.05, 0) is 61.3 Å². The van der Waals surface area contributed by atoms with Crippen LogP contribution in [0.4, 0.5) is 4.79 Å². The molecule has 0 saturated heterocycles. The maximum atomic E-state index is 12.2. The van der Waals surface area contributed by atoms with Gasteiger partial charge in [0.25, 0.3) is 0 Å². The number of aryl methyl sites for hydroxylation is 2. The van der Waals surface area contributed by atoms with Crippen LogP contribution in [0, 0.1) is 0 Å². The van der Waals surface area contributed by atoms with Crippen LogP contribution in [0.3, 0.4) is 0 Å². The summed E-state index contributed by atoms with van der Waals surface area (Å²) >= 11 is 0. The van der Waals surface area contributed by atoms with Gasteiger partial charge in [-0.1, -0.05) is 111 Å². The molecule has 1 aliphatic heterocycles. The molecule has 44 heavy (non-hydrogen) atoms. The first-order valence-electron chi connectivity index (χ1n) is 14.1. The molecule has 7 rings (SSSR count). The number of urea groups is 1. The Morgan fingerprint density at radius 2 is 1.20 bits per heavy atom. The summed E-state index contributed by atoms with van der Waals surface area (Å²) in [5, 5.41) is 20.2. The van der Waals surface area contributed by atoms with E-state index in [1.54, 1.807) is 28.2 Å². The molecule has 1 aromatic heterocycles. The van der Waals surface area contributed by atoms with Crippen LogP contribution in [0.25, 0.3) is 60.6 Å². The van der Waals surface area contributed by atoms with E-state index in [0.717, 1.165) is 54.9 Å². The number of amides is 2. The molecule has 0 N–H and O–H groups in total. The smallest absolute Gasteiger partial charge is 0.369 e. The molecule has 2 heterocycles. The van der Waals surface area contributed by atoms with Crippen molar-refractivity contribution in [3.8, 4) is 33.6 Å². The largest absolute Gasteiger partial charge is 0.539 e. The Balaban J connectivity index is 1.40. The Morgan fingerprint density at radius 1 is 0.659 bits per heavy atom.